The van der Waals surface area contributed by atoms with Crippen molar-refractivity contribution in [3.63, 3.8) is 0 Å². The highest BCUT2D eigenvalue weighted by atomic mass is 79.9. The van der Waals surface area contributed by atoms with Gasteiger partial charge < -0.3 is 0 Å². The Bertz CT molecular complexity index is 153. The van der Waals surface area contributed by atoms with Gasteiger partial charge in [0.15, 0.2) is 7.28 Å². The van der Waals surface area contributed by atoms with E-state index in [1.165, 1.54) is 4.80 Å². The van der Waals surface area contributed by atoms with Crippen molar-refractivity contribution in [3.8, 4) is 0 Å². The lowest BCUT2D eigenvalue weighted by Crippen LogP contribution is -1.95. The molecule has 1 rings (SSSR count). The molecule has 0 amide bonds. The van der Waals surface area contributed by atoms with Crippen molar-refractivity contribution in [2.45, 2.75) is 11.7 Å². The Morgan fingerprint density at radius 1 is 1.78 bits per heavy atom. The molecule has 1 radical (unpaired) electrons. The summed E-state index contributed by atoms with van der Waals surface area (Å²) >= 11 is 5.23. The minimum Gasteiger partial charge on any atom is -0.114 e. The summed E-state index contributed by atoms with van der Waals surface area (Å²) in [5, 5.41) is 2.11. The van der Waals surface area contributed by atoms with Gasteiger partial charge in [-0.2, -0.15) is 0 Å². The molecule has 1 unspecified atom stereocenters. The van der Waals surface area contributed by atoms with Crippen LogP contribution in [0.15, 0.2) is 22.4 Å². The van der Waals surface area contributed by atoms with Gasteiger partial charge in [0.05, 0.1) is 4.83 Å². The van der Waals surface area contributed by atoms with E-state index >= 15 is 0 Å². The minimum absolute atomic E-state index is 0.435. The Morgan fingerprint density at radius 3 is 3.00 bits per heavy atom. The van der Waals surface area contributed by atoms with Crippen LogP contribution in [0.2, 0.25) is 6.82 Å². The fraction of sp³-hybridized carbons (Fsp3) is 0.333. The molecule has 0 aromatic rings. The van der Waals surface area contributed by atoms with Crippen molar-refractivity contribution in [1.29, 1.82) is 0 Å². The minimum atomic E-state index is 0.435. The SMILES string of the molecule is C[B]C1=CC(Br)C=CS1. The predicted octanol–water partition coefficient (Wildman–Crippen LogP) is 2.60. The molecule has 0 N–H and O–H groups in total. The zero-order valence-corrected chi connectivity index (χ0v) is 7.58. The summed E-state index contributed by atoms with van der Waals surface area (Å²) in [6, 6.07) is 0. The van der Waals surface area contributed by atoms with E-state index in [4.69, 9.17) is 0 Å². The first-order valence-corrected chi connectivity index (χ1v) is 4.61. The second-order valence-corrected chi connectivity index (χ2v) is 3.79. The lowest BCUT2D eigenvalue weighted by molar-refractivity contribution is 1.45. The third-order valence-electron chi connectivity index (χ3n) is 1.07. The number of hydrogen-bond donors (Lipinski definition) is 0. The maximum absolute atomic E-state index is 3.47. The zero-order valence-electron chi connectivity index (χ0n) is 5.17. The monoisotopic (exact) mass is 201 g/mol. The fourth-order valence-corrected chi connectivity index (χ4v) is 2.19. The molecule has 1 aliphatic rings. The molecule has 0 aliphatic carbocycles. The molecular weight excluding hydrogens is 195 g/mol. The van der Waals surface area contributed by atoms with Gasteiger partial charge in [-0.15, -0.1) is 11.8 Å². The van der Waals surface area contributed by atoms with Gasteiger partial charge >= 0.3 is 0 Å². The van der Waals surface area contributed by atoms with Crippen molar-refractivity contribution >= 4 is 35.0 Å². The van der Waals surface area contributed by atoms with Crippen LogP contribution in [-0.2, 0) is 0 Å². The first kappa shape index (κ1) is 7.48. The molecule has 1 heterocycles. The van der Waals surface area contributed by atoms with E-state index in [0.29, 0.717) is 4.83 Å². The maximum atomic E-state index is 3.47. The number of alkyl halides is 1. The molecule has 1 atom stereocenters. The van der Waals surface area contributed by atoms with Crippen LogP contribution in [-0.4, -0.2) is 12.1 Å². The zero-order chi connectivity index (χ0) is 6.69. The highest BCUT2D eigenvalue weighted by Crippen LogP contribution is 2.24. The molecule has 3 heteroatoms. The number of thioether (sulfide) groups is 1. The van der Waals surface area contributed by atoms with Crippen molar-refractivity contribution in [1.82, 2.24) is 0 Å². The smallest absolute Gasteiger partial charge is 0.114 e. The lowest BCUT2D eigenvalue weighted by Gasteiger charge is -2.07. The molecule has 0 saturated carbocycles. The van der Waals surface area contributed by atoms with Crippen LogP contribution in [0, 0.1) is 0 Å². The van der Waals surface area contributed by atoms with Gasteiger partial charge in [0.25, 0.3) is 0 Å². The van der Waals surface area contributed by atoms with E-state index in [1.807, 2.05) is 0 Å². The van der Waals surface area contributed by atoms with Gasteiger partial charge in [0, 0.05) is 0 Å². The predicted molar refractivity (Wildman–Crippen MR) is 49.1 cm³/mol. The summed E-state index contributed by atoms with van der Waals surface area (Å²) in [5.74, 6) is 0. The van der Waals surface area contributed by atoms with Crippen LogP contribution in [0.3, 0.4) is 0 Å². The molecule has 0 fully saturated rings. The van der Waals surface area contributed by atoms with Crippen LogP contribution in [0.5, 0.6) is 0 Å². The number of hydrogen-bond acceptors (Lipinski definition) is 1. The van der Waals surface area contributed by atoms with Crippen LogP contribution in [0.25, 0.3) is 0 Å². The summed E-state index contributed by atoms with van der Waals surface area (Å²) < 4.78 is 0. The third-order valence-corrected chi connectivity index (χ3v) is 2.58. The number of allylic oxidation sites excluding steroid dienone is 2. The van der Waals surface area contributed by atoms with Crippen LogP contribution in [0.4, 0.5) is 0 Å². The summed E-state index contributed by atoms with van der Waals surface area (Å²) in [5.41, 5.74) is 0. The summed E-state index contributed by atoms with van der Waals surface area (Å²) in [6.45, 7) is 2.05. The van der Waals surface area contributed by atoms with Gasteiger partial charge in [-0.3, -0.25) is 0 Å². The van der Waals surface area contributed by atoms with E-state index in [1.54, 1.807) is 11.8 Å². The van der Waals surface area contributed by atoms with Crippen LogP contribution in [0.1, 0.15) is 0 Å². The Kier molecular flexibility index (Phi) is 2.93. The van der Waals surface area contributed by atoms with Crippen molar-refractivity contribution in [3.05, 3.63) is 22.4 Å². The van der Waals surface area contributed by atoms with E-state index < -0.39 is 0 Å². The summed E-state index contributed by atoms with van der Waals surface area (Å²) in [7, 11) is 2.11. The largest absolute Gasteiger partial charge is 0.157 e. The average Bonchev–Trinajstić information content (AvgIpc) is 1.88. The maximum Gasteiger partial charge on any atom is 0.157 e. The second kappa shape index (κ2) is 3.52. The second-order valence-electron chi connectivity index (χ2n) is 1.75. The average molecular weight is 202 g/mol. The normalized spacial score (nSPS) is 25.6. The van der Waals surface area contributed by atoms with Crippen LogP contribution >= 0.6 is 27.7 Å². The Hall–Kier alpha value is 0.375. The van der Waals surface area contributed by atoms with E-state index in [2.05, 4.69) is 47.6 Å². The third kappa shape index (κ3) is 2.22. The molecule has 0 aromatic heterocycles. The standard InChI is InChI=1S/C6H7BBrS/c1-7-6-4-5(8)2-3-9-6/h2-5H,1H3. The van der Waals surface area contributed by atoms with Crippen molar-refractivity contribution in [2.75, 3.05) is 0 Å². The molecule has 1 aliphatic heterocycles. The van der Waals surface area contributed by atoms with Gasteiger partial charge in [-0.25, -0.2) is 0 Å². The van der Waals surface area contributed by atoms with Gasteiger partial charge in [-0.1, -0.05) is 39.7 Å². The highest BCUT2D eigenvalue weighted by molar-refractivity contribution is 9.09. The summed E-state index contributed by atoms with van der Waals surface area (Å²) in [6.07, 6.45) is 4.31. The van der Waals surface area contributed by atoms with Gasteiger partial charge in [-0.05, 0) is 5.41 Å². The van der Waals surface area contributed by atoms with Gasteiger partial charge in [0.2, 0.25) is 0 Å². The topological polar surface area (TPSA) is 0 Å². The molecule has 9 heavy (non-hydrogen) atoms. The molecule has 47 valence electrons. The molecule has 0 saturated heterocycles. The molecule has 0 aromatic carbocycles. The van der Waals surface area contributed by atoms with Crippen LogP contribution < -0.4 is 0 Å². The van der Waals surface area contributed by atoms with Crippen molar-refractivity contribution in [2.24, 2.45) is 0 Å². The fourth-order valence-electron chi connectivity index (χ4n) is 0.609. The first-order chi connectivity index (χ1) is 4.33. The summed E-state index contributed by atoms with van der Waals surface area (Å²) in [4.78, 5) is 1.77. The number of halogens is 1. The van der Waals surface area contributed by atoms with E-state index in [0.717, 1.165) is 0 Å². The van der Waals surface area contributed by atoms with E-state index in [-0.39, 0.29) is 0 Å². The lowest BCUT2D eigenvalue weighted by atomic mass is 9.81. The molecule has 0 spiro atoms. The van der Waals surface area contributed by atoms with Gasteiger partial charge in [0.1, 0.15) is 0 Å². The number of rotatable bonds is 1. The highest BCUT2D eigenvalue weighted by Gasteiger charge is 2.02. The molecular formula is C6H7BBrS. The van der Waals surface area contributed by atoms with Crippen molar-refractivity contribution < 1.29 is 0 Å². The molecule has 0 nitrogen and oxygen atoms in total. The Labute approximate surface area is 69.2 Å². The Morgan fingerprint density at radius 2 is 2.56 bits per heavy atom. The first-order valence-electron chi connectivity index (χ1n) is 2.81. The Balaban J connectivity index is 2.55. The molecule has 0 bridgehead atoms. The van der Waals surface area contributed by atoms with E-state index in [9.17, 15) is 0 Å². The quantitative estimate of drug-likeness (QED) is 0.465.